The zero-order valence-corrected chi connectivity index (χ0v) is 9.02. The molecular weight excluding hydrogens is 196 g/mol. The molecule has 0 aliphatic heterocycles. The van der Waals surface area contributed by atoms with Crippen LogP contribution >= 0.6 is 12.2 Å². The molecule has 3 nitrogen and oxygen atoms in total. The number of nitrogens with one attached hydrogen (secondary N) is 1. The van der Waals surface area contributed by atoms with Crippen LogP contribution in [0.1, 0.15) is 31.4 Å². The molecule has 0 aromatic carbocycles. The molecule has 0 atom stereocenters. The lowest BCUT2D eigenvalue weighted by Gasteiger charge is -2.11. The molecule has 14 heavy (non-hydrogen) atoms. The van der Waals surface area contributed by atoms with Gasteiger partial charge in [0.05, 0.1) is 12.3 Å². The summed E-state index contributed by atoms with van der Waals surface area (Å²) in [6.07, 6.45) is 7.10. The predicted octanol–water partition coefficient (Wildman–Crippen LogP) is 2.23. The maximum absolute atomic E-state index is 9.12. The fourth-order valence-corrected chi connectivity index (χ4v) is 2.46. The molecule has 2 N–H and O–H groups in total. The lowest BCUT2D eigenvalue weighted by molar-refractivity contribution is 0.266. The van der Waals surface area contributed by atoms with Crippen molar-refractivity contribution in [2.75, 3.05) is 0 Å². The van der Waals surface area contributed by atoms with Crippen molar-refractivity contribution in [2.45, 2.75) is 38.8 Å². The first-order chi connectivity index (χ1) is 6.81. The number of H-pyrrole nitrogens is 1. The molecule has 1 fully saturated rings. The second-order valence-corrected chi connectivity index (χ2v) is 4.39. The predicted molar refractivity (Wildman–Crippen MR) is 57.5 cm³/mol. The minimum absolute atomic E-state index is 0.0693. The Morgan fingerprint density at radius 3 is 2.86 bits per heavy atom. The Morgan fingerprint density at radius 2 is 2.21 bits per heavy atom. The topological polar surface area (TPSA) is 40.9 Å². The smallest absolute Gasteiger partial charge is 0.177 e. The summed E-state index contributed by atoms with van der Waals surface area (Å²) < 4.78 is 2.77. The molecule has 0 radical (unpaired) electrons. The minimum Gasteiger partial charge on any atom is -0.390 e. The van der Waals surface area contributed by atoms with E-state index in [0.29, 0.717) is 0 Å². The Kier molecular flexibility index (Phi) is 3.03. The fraction of sp³-hybridized carbons (Fsp3) is 0.700. The molecule has 0 amide bonds. The van der Waals surface area contributed by atoms with Crippen LogP contribution in [0.25, 0.3) is 0 Å². The summed E-state index contributed by atoms with van der Waals surface area (Å²) in [6.45, 7) is 1.04. The van der Waals surface area contributed by atoms with Gasteiger partial charge in [-0.05, 0) is 31.0 Å². The number of aromatic amines is 1. The van der Waals surface area contributed by atoms with Crippen LogP contribution in [0.3, 0.4) is 0 Å². The average Bonchev–Trinajstić information content (AvgIpc) is 2.79. The number of aliphatic hydroxyl groups excluding tert-OH is 1. The van der Waals surface area contributed by atoms with Crippen LogP contribution in [-0.2, 0) is 13.2 Å². The standard InChI is InChI=1S/C10H16N2OS/c13-7-9-5-11-10(14)12(9)6-8-3-1-2-4-8/h5,8,13H,1-4,6-7H2,(H,11,14). The summed E-state index contributed by atoms with van der Waals surface area (Å²) in [4.78, 5) is 2.98. The molecular formula is C10H16N2OS. The number of aliphatic hydroxyl groups is 1. The molecule has 1 saturated carbocycles. The van der Waals surface area contributed by atoms with Gasteiger partial charge in [-0.2, -0.15) is 0 Å². The van der Waals surface area contributed by atoms with Gasteiger partial charge in [-0.1, -0.05) is 12.8 Å². The molecule has 0 spiro atoms. The van der Waals surface area contributed by atoms with Crippen molar-refractivity contribution < 1.29 is 5.11 Å². The molecule has 2 rings (SSSR count). The number of hydrogen-bond acceptors (Lipinski definition) is 2. The summed E-state index contributed by atoms with van der Waals surface area (Å²) in [5.74, 6) is 0.753. The highest BCUT2D eigenvalue weighted by Gasteiger charge is 2.16. The molecule has 78 valence electrons. The Morgan fingerprint density at radius 1 is 1.50 bits per heavy atom. The third-order valence-corrected chi connectivity index (χ3v) is 3.37. The third-order valence-electron chi connectivity index (χ3n) is 3.03. The summed E-state index contributed by atoms with van der Waals surface area (Å²) in [7, 11) is 0. The van der Waals surface area contributed by atoms with E-state index in [-0.39, 0.29) is 6.61 Å². The van der Waals surface area contributed by atoms with Crippen LogP contribution in [-0.4, -0.2) is 14.7 Å². The Bertz CT molecular complexity index is 349. The van der Waals surface area contributed by atoms with E-state index >= 15 is 0 Å². The number of rotatable bonds is 3. The van der Waals surface area contributed by atoms with Crippen LogP contribution in [0, 0.1) is 10.7 Å². The molecule has 1 heterocycles. The van der Waals surface area contributed by atoms with E-state index in [2.05, 4.69) is 4.98 Å². The van der Waals surface area contributed by atoms with Gasteiger partial charge in [0.15, 0.2) is 4.77 Å². The van der Waals surface area contributed by atoms with Gasteiger partial charge in [0.1, 0.15) is 0 Å². The van der Waals surface area contributed by atoms with Gasteiger partial charge >= 0.3 is 0 Å². The normalized spacial score (nSPS) is 17.8. The quantitative estimate of drug-likeness (QED) is 0.754. The van der Waals surface area contributed by atoms with E-state index < -0.39 is 0 Å². The highest BCUT2D eigenvalue weighted by Crippen LogP contribution is 2.26. The molecule has 1 aliphatic carbocycles. The van der Waals surface area contributed by atoms with E-state index in [9.17, 15) is 0 Å². The number of nitrogens with zero attached hydrogens (tertiary/aromatic N) is 1. The zero-order valence-electron chi connectivity index (χ0n) is 8.20. The summed E-state index contributed by atoms with van der Waals surface area (Å²) >= 11 is 5.17. The van der Waals surface area contributed by atoms with E-state index in [1.165, 1.54) is 25.7 Å². The van der Waals surface area contributed by atoms with Crippen LogP contribution in [0.5, 0.6) is 0 Å². The first-order valence-electron chi connectivity index (χ1n) is 5.19. The molecule has 0 unspecified atom stereocenters. The van der Waals surface area contributed by atoms with Crippen LogP contribution in [0.2, 0.25) is 0 Å². The van der Waals surface area contributed by atoms with E-state index in [1.807, 2.05) is 4.57 Å². The second-order valence-electron chi connectivity index (χ2n) is 4.00. The first-order valence-corrected chi connectivity index (χ1v) is 5.60. The van der Waals surface area contributed by atoms with Gasteiger partial charge in [0, 0.05) is 12.7 Å². The summed E-state index contributed by atoms with van der Waals surface area (Å²) in [5.41, 5.74) is 0.905. The summed E-state index contributed by atoms with van der Waals surface area (Å²) in [6, 6.07) is 0. The Balaban J connectivity index is 2.13. The van der Waals surface area contributed by atoms with Crippen molar-refractivity contribution in [3.8, 4) is 0 Å². The van der Waals surface area contributed by atoms with Crippen molar-refractivity contribution in [1.82, 2.24) is 9.55 Å². The van der Waals surface area contributed by atoms with Crippen LogP contribution < -0.4 is 0 Å². The van der Waals surface area contributed by atoms with Crippen molar-refractivity contribution in [3.05, 3.63) is 16.7 Å². The average molecular weight is 212 g/mol. The van der Waals surface area contributed by atoms with Gasteiger partial charge in [-0.3, -0.25) is 0 Å². The Labute approximate surface area is 88.8 Å². The third kappa shape index (κ3) is 1.91. The lowest BCUT2D eigenvalue weighted by atomic mass is 10.1. The summed E-state index contributed by atoms with van der Waals surface area (Å²) in [5, 5.41) is 9.12. The molecule has 1 aliphatic rings. The van der Waals surface area contributed by atoms with Gasteiger partial charge in [0.25, 0.3) is 0 Å². The maximum Gasteiger partial charge on any atom is 0.177 e. The van der Waals surface area contributed by atoms with Crippen molar-refractivity contribution in [2.24, 2.45) is 5.92 Å². The number of aromatic nitrogens is 2. The van der Waals surface area contributed by atoms with Crippen LogP contribution in [0.15, 0.2) is 6.20 Å². The largest absolute Gasteiger partial charge is 0.390 e. The van der Waals surface area contributed by atoms with Crippen molar-refractivity contribution >= 4 is 12.2 Å². The number of hydrogen-bond donors (Lipinski definition) is 2. The fourth-order valence-electron chi connectivity index (χ4n) is 2.21. The van der Waals surface area contributed by atoms with Crippen molar-refractivity contribution in [1.29, 1.82) is 0 Å². The van der Waals surface area contributed by atoms with E-state index in [4.69, 9.17) is 17.3 Å². The monoisotopic (exact) mass is 212 g/mol. The van der Waals surface area contributed by atoms with Gasteiger partial charge < -0.3 is 14.7 Å². The second kappa shape index (κ2) is 4.28. The van der Waals surface area contributed by atoms with Gasteiger partial charge in [-0.15, -0.1) is 0 Å². The molecule has 1 aromatic rings. The number of imidazole rings is 1. The highest BCUT2D eigenvalue weighted by molar-refractivity contribution is 7.71. The highest BCUT2D eigenvalue weighted by atomic mass is 32.1. The van der Waals surface area contributed by atoms with E-state index in [0.717, 1.165) is 22.9 Å². The molecule has 0 bridgehead atoms. The Hall–Kier alpha value is -0.610. The zero-order chi connectivity index (χ0) is 9.97. The first kappa shape index (κ1) is 9.93. The van der Waals surface area contributed by atoms with Gasteiger partial charge in [-0.25, -0.2) is 0 Å². The maximum atomic E-state index is 9.12. The van der Waals surface area contributed by atoms with E-state index in [1.54, 1.807) is 6.20 Å². The SMILES string of the molecule is OCc1c[nH]c(=S)n1CC1CCCC1. The van der Waals surface area contributed by atoms with Gasteiger partial charge in [0.2, 0.25) is 0 Å². The lowest BCUT2D eigenvalue weighted by Crippen LogP contribution is -2.10. The minimum atomic E-state index is 0.0693. The molecule has 1 aromatic heterocycles. The van der Waals surface area contributed by atoms with Crippen molar-refractivity contribution in [3.63, 3.8) is 0 Å². The molecule has 0 saturated heterocycles. The van der Waals surface area contributed by atoms with Crippen LogP contribution in [0.4, 0.5) is 0 Å². The molecule has 4 heteroatoms.